The molecule has 1 saturated carbocycles. The molecule has 0 saturated heterocycles. The zero-order chi connectivity index (χ0) is 16.2. The normalized spacial score (nSPS) is 22.0. The average Bonchev–Trinajstić information content (AvgIpc) is 2.46. The molecule has 1 aliphatic rings. The lowest BCUT2D eigenvalue weighted by molar-refractivity contribution is 0.0487. The topological polar surface area (TPSA) is 55.4 Å². The number of hydrogen-bond acceptors (Lipinski definition) is 3. The van der Waals surface area contributed by atoms with Crippen molar-refractivity contribution < 1.29 is 14.3 Å². The molecule has 2 rings (SSSR count). The largest absolute Gasteiger partial charge is 0.444 e. The second-order valence-electron chi connectivity index (χ2n) is 6.93. The molecule has 1 N–H and O–H groups in total. The van der Waals surface area contributed by atoms with Gasteiger partial charge in [0.25, 0.3) is 0 Å². The van der Waals surface area contributed by atoms with Crippen LogP contribution < -0.4 is 5.32 Å². The number of carbonyl (C=O) groups is 2. The molecule has 4 nitrogen and oxygen atoms in total. The van der Waals surface area contributed by atoms with Crippen LogP contribution in [-0.4, -0.2) is 23.5 Å². The van der Waals surface area contributed by atoms with E-state index in [4.69, 9.17) is 4.74 Å². The van der Waals surface area contributed by atoms with Crippen LogP contribution in [0.4, 0.5) is 4.79 Å². The lowest BCUT2D eigenvalue weighted by Crippen LogP contribution is -2.41. The third-order valence-electron chi connectivity index (χ3n) is 3.88. The maximum absolute atomic E-state index is 12.4. The molecule has 0 unspecified atom stereocenters. The number of carbonyl (C=O) groups excluding carboxylic acids is 2. The summed E-state index contributed by atoms with van der Waals surface area (Å²) in [5.74, 6) is 0.287. The fourth-order valence-corrected chi connectivity index (χ4v) is 2.81. The lowest BCUT2D eigenvalue weighted by Gasteiger charge is -2.29. The number of rotatable bonds is 3. The van der Waals surface area contributed by atoms with Gasteiger partial charge in [0.05, 0.1) is 0 Å². The Morgan fingerprint density at radius 2 is 1.64 bits per heavy atom. The summed E-state index contributed by atoms with van der Waals surface area (Å²) in [4.78, 5) is 24.2. The predicted octanol–water partition coefficient (Wildman–Crippen LogP) is 3.95. The molecule has 1 aliphatic carbocycles. The van der Waals surface area contributed by atoms with Crippen LogP contribution in [0.5, 0.6) is 0 Å². The Hall–Kier alpha value is -1.84. The molecule has 0 aliphatic heterocycles. The fraction of sp³-hybridized carbons (Fsp3) is 0.556. The number of ketones is 1. The van der Waals surface area contributed by atoms with Crippen molar-refractivity contribution in [2.75, 3.05) is 0 Å². The lowest BCUT2D eigenvalue weighted by atomic mass is 9.81. The Labute approximate surface area is 132 Å². The highest BCUT2D eigenvalue weighted by atomic mass is 16.6. The van der Waals surface area contributed by atoms with E-state index < -0.39 is 5.60 Å². The smallest absolute Gasteiger partial charge is 0.407 e. The van der Waals surface area contributed by atoms with E-state index in [1.54, 1.807) is 0 Å². The van der Waals surface area contributed by atoms with E-state index in [0.29, 0.717) is 0 Å². The van der Waals surface area contributed by atoms with E-state index >= 15 is 0 Å². The minimum absolute atomic E-state index is 0.0686. The maximum atomic E-state index is 12.4. The molecule has 1 aromatic carbocycles. The summed E-state index contributed by atoms with van der Waals surface area (Å²) in [5, 5.41) is 2.90. The molecule has 0 atom stereocenters. The van der Waals surface area contributed by atoms with Crippen molar-refractivity contribution in [3.8, 4) is 0 Å². The van der Waals surface area contributed by atoms with Gasteiger partial charge in [0, 0.05) is 17.5 Å². The zero-order valence-electron chi connectivity index (χ0n) is 13.6. The number of benzene rings is 1. The van der Waals surface area contributed by atoms with E-state index in [9.17, 15) is 9.59 Å². The molecule has 22 heavy (non-hydrogen) atoms. The van der Waals surface area contributed by atoms with Crippen LogP contribution >= 0.6 is 0 Å². The van der Waals surface area contributed by atoms with Gasteiger partial charge >= 0.3 is 6.09 Å². The number of Topliss-reactive ketones (excluding diaryl/α,β-unsaturated/α-hetero) is 1. The first kappa shape index (κ1) is 16.5. The second kappa shape index (κ2) is 6.95. The number of ether oxygens (including phenoxy) is 1. The molecule has 1 aromatic rings. The molecule has 4 heteroatoms. The van der Waals surface area contributed by atoms with Crippen LogP contribution in [0.3, 0.4) is 0 Å². The van der Waals surface area contributed by atoms with Crippen molar-refractivity contribution in [2.45, 2.75) is 58.1 Å². The van der Waals surface area contributed by atoms with E-state index in [0.717, 1.165) is 31.2 Å². The molecule has 120 valence electrons. The standard InChI is InChI=1S/C18H25NO3/c1-18(2,3)22-17(21)19-15-11-9-14(10-12-15)16(20)13-7-5-4-6-8-13/h4-8,14-15H,9-12H2,1-3H3,(H,19,21)/t14-,15-. The molecule has 1 fully saturated rings. The summed E-state index contributed by atoms with van der Waals surface area (Å²) in [6, 6.07) is 9.54. The second-order valence-corrected chi connectivity index (χ2v) is 6.93. The van der Waals surface area contributed by atoms with Crippen LogP contribution in [0, 0.1) is 5.92 Å². The van der Waals surface area contributed by atoms with Gasteiger partial charge in [-0.3, -0.25) is 4.79 Å². The predicted molar refractivity (Wildman–Crippen MR) is 85.9 cm³/mol. The minimum Gasteiger partial charge on any atom is -0.444 e. The van der Waals surface area contributed by atoms with Gasteiger partial charge in [-0.1, -0.05) is 30.3 Å². The van der Waals surface area contributed by atoms with Crippen molar-refractivity contribution in [3.63, 3.8) is 0 Å². The number of hydrogen-bond donors (Lipinski definition) is 1. The van der Waals surface area contributed by atoms with Crippen molar-refractivity contribution in [3.05, 3.63) is 35.9 Å². The van der Waals surface area contributed by atoms with Crippen LogP contribution in [0.2, 0.25) is 0 Å². The average molecular weight is 303 g/mol. The molecule has 0 bridgehead atoms. The highest BCUT2D eigenvalue weighted by Gasteiger charge is 2.28. The fourth-order valence-electron chi connectivity index (χ4n) is 2.81. The maximum Gasteiger partial charge on any atom is 0.407 e. The van der Waals surface area contributed by atoms with E-state index in [2.05, 4.69) is 5.32 Å². The van der Waals surface area contributed by atoms with Gasteiger partial charge in [0.15, 0.2) is 5.78 Å². The first-order valence-electron chi connectivity index (χ1n) is 7.94. The summed E-state index contributed by atoms with van der Waals surface area (Å²) in [6.45, 7) is 5.55. The van der Waals surface area contributed by atoms with Crippen molar-refractivity contribution in [1.82, 2.24) is 5.32 Å². The Balaban J connectivity index is 1.81. The number of alkyl carbamates (subject to hydrolysis) is 1. The molecule has 1 amide bonds. The van der Waals surface area contributed by atoms with Crippen molar-refractivity contribution in [1.29, 1.82) is 0 Å². The third-order valence-corrected chi connectivity index (χ3v) is 3.88. The van der Waals surface area contributed by atoms with Crippen LogP contribution in [0.25, 0.3) is 0 Å². The highest BCUT2D eigenvalue weighted by Crippen LogP contribution is 2.27. The molecule has 0 radical (unpaired) electrons. The van der Waals surface area contributed by atoms with Crippen LogP contribution in [0.15, 0.2) is 30.3 Å². The van der Waals surface area contributed by atoms with E-state index in [1.807, 2.05) is 51.1 Å². The van der Waals surface area contributed by atoms with E-state index in [-0.39, 0.29) is 23.8 Å². The Morgan fingerprint density at radius 1 is 1.05 bits per heavy atom. The monoisotopic (exact) mass is 303 g/mol. The third kappa shape index (κ3) is 4.86. The van der Waals surface area contributed by atoms with Crippen molar-refractivity contribution >= 4 is 11.9 Å². The van der Waals surface area contributed by atoms with Gasteiger partial charge in [-0.05, 0) is 46.5 Å². The zero-order valence-corrected chi connectivity index (χ0v) is 13.6. The van der Waals surface area contributed by atoms with Gasteiger partial charge in [0.1, 0.15) is 5.60 Å². The molecular formula is C18H25NO3. The highest BCUT2D eigenvalue weighted by molar-refractivity contribution is 5.97. The van der Waals surface area contributed by atoms with Gasteiger partial charge in [-0.15, -0.1) is 0 Å². The summed E-state index contributed by atoms with van der Waals surface area (Å²) < 4.78 is 5.27. The minimum atomic E-state index is -0.482. The molecular weight excluding hydrogens is 278 g/mol. The molecule has 0 aromatic heterocycles. The van der Waals surface area contributed by atoms with E-state index in [1.165, 1.54) is 0 Å². The van der Waals surface area contributed by atoms with Gasteiger partial charge in [-0.25, -0.2) is 4.79 Å². The first-order valence-corrected chi connectivity index (χ1v) is 7.94. The Bertz CT molecular complexity index is 511. The summed E-state index contributed by atoms with van der Waals surface area (Å²) in [6.07, 6.45) is 2.90. The van der Waals surface area contributed by atoms with Gasteiger partial charge < -0.3 is 10.1 Å². The Morgan fingerprint density at radius 3 is 2.18 bits per heavy atom. The summed E-state index contributed by atoms with van der Waals surface area (Å²) in [5.41, 5.74) is 0.302. The van der Waals surface area contributed by atoms with Gasteiger partial charge in [-0.2, -0.15) is 0 Å². The molecule has 0 spiro atoms. The number of amides is 1. The van der Waals surface area contributed by atoms with Crippen LogP contribution in [0.1, 0.15) is 56.8 Å². The quantitative estimate of drug-likeness (QED) is 0.860. The molecule has 0 heterocycles. The number of nitrogens with one attached hydrogen (secondary N) is 1. The van der Waals surface area contributed by atoms with Crippen molar-refractivity contribution in [2.24, 2.45) is 5.92 Å². The summed E-state index contributed by atoms with van der Waals surface area (Å²) in [7, 11) is 0. The van der Waals surface area contributed by atoms with Crippen LogP contribution in [-0.2, 0) is 4.74 Å². The first-order chi connectivity index (χ1) is 10.3. The van der Waals surface area contributed by atoms with Gasteiger partial charge in [0.2, 0.25) is 0 Å². The summed E-state index contributed by atoms with van der Waals surface area (Å²) >= 11 is 0. The Kier molecular flexibility index (Phi) is 5.22. The SMILES string of the molecule is CC(C)(C)OC(=O)N[C@H]1CC[C@H](C(=O)c2ccccc2)CC1.